The predicted molar refractivity (Wildman–Crippen MR) is 183 cm³/mol. The van der Waals surface area contributed by atoms with Crippen molar-refractivity contribution in [3.63, 3.8) is 0 Å². The third-order valence-corrected chi connectivity index (χ3v) is 9.71. The molecule has 0 bridgehead atoms. The van der Waals surface area contributed by atoms with Crippen LogP contribution in [0.5, 0.6) is 11.5 Å². The number of rotatable bonds is 5. The van der Waals surface area contributed by atoms with Crippen LogP contribution in [-0.4, -0.2) is 18.7 Å². The normalized spacial score (nSPS) is 11.6. The Morgan fingerprint density at radius 2 is 1.26 bits per heavy atom. The zero-order valence-corrected chi connectivity index (χ0v) is 28.3. The van der Waals surface area contributed by atoms with Crippen molar-refractivity contribution in [1.29, 1.82) is 0 Å². The van der Waals surface area contributed by atoms with Gasteiger partial charge in [-0.05, 0) is 6.07 Å². The van der Waals surface area contributed by atoms with Crippen LogP contribution >= 0.6 is 0 Å². The Bertz CT molecular complexity index is 2500. The summed E-state index contributed by atoms with van der Waals surface area (Å²) >= 11 is 2.46. The fraction of sp³-hybridized carbons (Fsp3) is 0.100. The molecule has 3 aromatic heterocycles. The summed E-state index contributed by atoms with van der Waals surface area (Å²) in [5.41, 5.74) is 11.7. The molecule has 0 aliphatic heterocycles. The summed E-state index contributed by atoms with van der Waals surface area (Å²) in [5, 5.41) is 2.41. The van der Waals surface area contributed by atoms with E-state index in [1.54, 1.807) is 0 Å². The van der Waals surface area contributed by atoms with E-state index in [4.69, 9.17) is 9.72 Å². The van der Waals surface area contributed by atoms with Gasteiger partial charge in [0.05, 0.1) is 0 Å². The van der Waals surface area contributed by atoms with E-state index in [9.17, 15) is 0 Å². The number of benzene rings is 5. The molecule has 8 aromatic rings. The Kier molecular flexibility index (Phi) is 6.88. The van der Waals surface area contributed by atoms with E-state index < -0.39 is 0 Å². The van der Waals surface area contributed by atoms with Gasteiger partial charge in [0.25, 0.3) is 0 Å². The SMILES string of the molecule is Cc1cc(C)c(-n2[c](=[Pt])n(-c3cccc(Oc4cc(C)c5c6ccccc6n(-c6ccccn6)c5c4)c3)c3ccccc32)c(C)c1. The van der Waals surface area contributed by atoms with Crippen LogP contribution in [0.15, 0.2) is 121 Å². The number of hydrogen-bond acceptors (Lipinski definition) is 2. The first-order valence-corrected chi connectivity index (χ1v) is 16.5. The fourth-order valence-electron chi connectivity index (χ4n) is 6.98. The monoisotopic (exact) mass is 779 g/mol. The van der Waals surface area contributed by atoms with Gasteiger partial charge in [0, 0.05) is 6.20 Å². The predicted octanol–water partition coefficient (Wildman–Crippen LogP) is 10.0. The average molecular weight is 780 g/mol. The number of ether oxygens (including phenoxy) is 1. The Labute approximate surface area is 278 Å². The first-order chi connectivity index (χ1) is 22.4. The number of hydrogen-bond donors (Lipinski definition) is 0. The number of imidazole rings is 1. The number of nitrogens with zero attached hydrogens (tertiary/aromatic N) is 4. The molecule has 8 rings (SSSR count). The van der Waals surface area contributed by atoms with E-state index in [2.05, 4.69) is 152 Å². The molecule has 0 saturated carbocycles. The van der Waals surface area contributed by atoms with Gasteiger partial charge in [-0.25, -0.2) is 0 Å². The molecule has 6 heteroatoms. The zero-order chi connectivity index (χ0) is 31.5. The van der Waals surface area contributed by atoms with Crippen LogP contribution in [0, 0.1) is 31.5 Å². The molecule has 0 amide bonds. The maximum atomic E-state index is 6.65. The zero-order valence-electron chi connectivity index (χ0n) is 26.1. The summed E-state index contributed by atoms with van der Waals surface area (Å²) in [6.45, 7) is 8.71. The third kappa shape index (κ3) is 4.57. The summed E-state index contributed by atoms with van der Waals surface area (Å²) in [4.78, 5) is 4.70. The average Bonchev–Trinajstić information content (AvgIpc) is 3.53. The van der Waals surface area contributed by atoms with Crippen molar-refractivity contribution in [2.75, 3.05) is 0 Å². The topological polar surface area (TPSA) is 36.9 Å². The minimum absolute atomic E-state index is 0.778. The molecule has 228 valence electrons. The van der Waals surface area contributed by atoms with Crippen LogP contribution in [0.3, 0.4) is 0 Å². The van der Waals surface area contributed by atoms with Gasteiger partial charge >= 0.3 is 249 Å². The Hall–Kier alpha value is -4.99. The van der Waals surface area contributed by atoms with Gasteiger partial charge in [-0.3, -0.25) is 0 Å². The van der Waals surface area contributed by atoms with Crippen molar-refractivity contribution in [2.24, 2.45) is 0 Å². The van der Waals surface area contributed by atoms with Crippen molar-refractivity contribution in [3.8, 4) is 28.7 Å². The molecule has 0 radical (unpaired) electrons. The van der Waals surface area contributed by atoms with Crippen LogP contribution in [0.2, 0.25) is 0 Å². The van der Waals surface area contributed by atoms with Crippen molar-refractivity contribution >= 4 is 32.8 Å². The molecular formula is C40H32N4OPt. The molecule has 0 aliphatic rings. The molecule has 0 aliphatic carbocycles. The van der Waals surface area contributed by atoms with Crippen LogP contribution in [-0.2, 0) is 19.4 Å². The minimum atomic E-state index is 0.778. The van der Waals surface area contributed by atoms with E-state index in [1.807, 2.05) is 30.5 Å². The molecule has 5 aromatic carbocycles. The molecule has 0 N–H and O–H groups in total. The fourth-order valence-corrected chi connectivity index (χ4v) is 8.08. The van der Waals surface area contributed by atoms with E-state index in [0.29, 0.717) is 0 Å². The summed E-state index contributed by atoms with van der Waals surface area (Å²) in [6.07, 6.45) is 1.84. The second kappa shape index (κ2) is 11.1. The second-order valence-electron chi connectivity index (χ2n) is 11.9. The number of pyridine rings is 1. The van der Waals surface area contributed by atoms with E-state index in [-0.39, 0.29) is 0 Å². The molecule has 0 spiro atoms. The van der Waals surface area contributed by atoms with Crippen LogP contribution < -0.4 is 4.74 Å². The second-order valence-corrected chi connectivity index (χ2v) is 12.9. The first kappa shape index (κ1) is 28.5. The molecule has 46 heavy (non-hydrogen) atoms. The van der Waals surface area contributed by atoms with Gasteiger partial charge in [-0.15, -0.1) is 0 Å². The Balaban J connectivity index is 1.26. The van der Waals surface area contributed by atoms with Crippen molar-refractivity contribution in [2.45, 2.75) is 27.7 Å². The molecule has 0 atom stereocenters. The Morgan fingerprint density at radius 1 is 0.565 bits per heavy atom. The molecule has 0 saturated heterocycles. The Morgan fingerprint density at radius 3 is 2.00 bits per heavy atom. The summed E-state index contributed by atoms with van der Waals surface area (Å²) in [7, 11) is 0. The van der Waals surface area contributed by atoms with Gasteiger partial charge in [-0.2, -0.15) is 0 Å². The van der Waals surface area contributed by atoms with Crippen molar-refractivity contribution < 1.29 is 24.1 Å². The van der Waals surface area contributed by atoms with E-state index >= 15 is 0 Å². The number of fused-ring (bicyclic) bond motifs is 4. The van der Waals surface area contributed by atoms with Gasteiger partial charge in [0.2, 0.25) is 0 Å². The molecule has 5 nitrogen and oxygen atoms in total. The maximum absolute atomic E-state index is 6.65. The number of aryl methyl sites for hydroxylation is 4. The van der Waals surface area contributed by atoms with E-state index in [0.717, 1.165) is 54.4 Å². The van der Waals surface area contributed by atoms with Gasteiger partial charge in [0.15, 0.2) is 0 Å². The molecule has 0 fully saturated rings. The molecule has 3 heterocycles. The third-order valence-electron chi connectivity index (χ3n) is 8.70. The summed E-state index contributed by atoms with van der Waals surface area (Å²) in [5.74, 6) is 2.45. The van der Waals surface area contributed by atoms with Gasteiger partial charge in [-0.1, -0.05) is 18.2 Å². The quantitative estimate of drug-likeness (QED) is 0.175. The summed E-state index contributed by atoms with van der Waals surface area (Å²) < 4.78 is 14.7. The molecule has 0 unspecified atom stereocenters. The van der Waals surface area contributed by atoms with Crippen molar-refractivity contribution in [3.05, 3.63) is 148 Å². The molecular weight excluding hydrogens is 748 g/mol. The number of aromatic nitrogens is 4. The number of para-hydroxylation sites is 3. The van der Waals surface area contributed by atoms with E-state index in [1.165, 1.54) is 33.2 Å². The van der Waals surface area contributed by atoms with Crippen LogP contribution in [0.4, 0.5) is 0 Å². The van der Waals surface area contributed by atoms with Gasteiger partial charge in [0.1, 0.15) is 0 Å². The standard InChI is InChI=1S/C40H32N4O.Pt/c1-26-20-28(3)40(29(4)21-26)43-25-42(35-16-7-8-17-36(35)43)30-12-11-13-31(23-30)45-32-22-27(2)39-33-14-5-6-15-34(33)44(37(39)24-32)38-18-9-10-19-41-38;/h5-24H,1-4H3;. The first-order valence-electron chi connectivity index (χ1n) is 15.4. The van der Waals surface area contributed by atoms with Crippen molar-refractivity contribution in [1.82, 2.24) is 18.7 Å². The summed E-state index contributed by atoms with van der Waals surface area (Å²) in [6, 6.07) is 40.3. The van der Waals surface area contributed by atoms with Gasteiger partial charge < -0.3 is 0 Å². The van der Waals surface area contributed by atoms with Crippen LogP contribution in [0.1, 0.15) is 22.3 Å². The van der Waals surface area contributed by atoms with Crippen LogP contribution in [0.25, 0.3) is 50.0 Å².